The Labute approximate surface area is 141 Å². The van der Waals surface area contributed by atoms with Crippen LogP contribution in [0.3, 0.4) is 0 Å². The number of likely N-dealkylation sites (N-methyl/N-ethyl adjacent to an activating group) is 1. The molecule has 1 atom stereocenters. The van der Waals surface area contributed by atoms with Crippen molar-refractivity contribution in [3.8, 4) is 0 Å². The van der Waals surface area contributed by atoms with Gasteiger partial charge < -0.3 is 5.32 Å². The van der Waals surface area contributed by atoms with Gasteiger partial charge in [-0.05, 0) is 48.4 Å². The van der Waals surface area contributed by atoms with Crippen molar-refractivity contribution in [3.63, 3.8) is 0 Å². The summed E-state index contributed by atoms with van der Waals surface area (Å²) in [6.45, 7) is 3.86. The van der Waals surface area contributed by atoms with Gasteiger partial charge >= 0.3 is 0 Å². The van der Waals surface area contributed by atoms with Gasteiger partial charge in [0.1, 0.15) is 0 Å². The van der Waals surface area contributed by atoms with E-state index in [0.717, 1.165) is 40.7 Å². The van der Waals surface area contributed by atoms with Gasteiger partial charge in [-0.3, -0.25) is 0 Å². The molecule has 0 aromatic heterocycles. The quantitative estimate of drug-likeness (QED) is 0.722. The van der Waals surface area contributed by atoms with E-state index in [0.29, 0.717) is 5.02 Å². The average Bonchev–Trinajstić information content (AvgIpc) is 2.48. The highest BCUT2D eigenvalue weighted by Gasteiger charge is 2.16. The number of benzene rings is 2. The molecule has 0 amide bonds. The van der Waals surface area contributed by atoms with E-state index in [9.17, 15) is 0 Å². The summed E-state index contributed by atoms with van der Waals surface area (Å²) in [5, 5.41) is 5.63. The molecule has 0 saturated carbocycles. The lowest BCUT2D eigenvalue weighted by Gasteiger charge is -2.20. The summed E-state index contributed by atoms with van der Waals surface area (Å²) in [7, 11) is 0. The van der Waals surface area contributed by atoms with Gasteiger partial charge in [0.2, 0.25) is 0 Å². The summed E-state index contributed by atoms with van der Waals surface area (Å²) in [6, 6.07) is 13.5. The van der Waals surface area contributed by atoms with E-state index in [4.69, 9.17) is 34.8 Å². The molecule has 0 heterocycles. The maximum atomic E-state index is 6.35. The SMILES string of the molecule is CCNCC(Cc1cc(Cl)ccc1Cl)c1ccccc1Cl. The van der Waals surface area contributed by atoms with Crippen molar-refractivity contribution in [2.45, 2.75) is 19.3 Å². The number of hydrogen-bond donors (Lipinski definition) is 1. The molecule has 1 nitrogen and oxygen atoms in total. The molecule has 0 bridgehead atoms. The lowest BCUT2D eigenvalue weighted by Crippen LogP contribution is -2.23. The Bertz CT molecular complexity index is 598. The summed E-state index contributed by atoms with van der Waals surface area (Å²) in [6.07, 6.45) is 0.802. The van der Waals surface area contributed by atoms with Crippen LogP contribution in [0.25, 0.3) is 0 Å². The molecule has 0 radical (unpaired) electrons. The second kappa shape index (κ2) is 8.05. The first kappa shape index (κ1) is 16.6. The van der Waals surface area contributed by atoms with Crippen molar-refractivity contribution in [2.24, 2.45) is 0 Å². The Hall–Kier alpha value is -0.730. The first-order valence-corrected chi connectivity index (χ1v) is 8.14. The minimum atomic E-state index is 0.259. The molecule has 0 aliphatic heterocycles. The Morgan fingerprint density at radius 2 is 1.76 bits per heavy atom. The van der Waals surface area contributed by atoms with Crippen molar-refractivity contribution >= 4 is 34.8 Å². The molecule has 0 aliphatic carbocycles. The Kier molecular flexibility index (Phi) is 6.38. The second-order valence-corrected chi connectivity index (χ2v) is 6.22. The van der Waals surface area contributed by atoms with Crippen LogP contribution in [-0.2, 0) is 6.42 Å². The van der Waals surface area contributed by atoms with Crippen LogP contribution in [0.1, 0.15) is 24.0 Å². The molecule has 1 unspecified atom stereocenters. The Morgan fingerprint density at radius 1 is 1.00 bits per heavy atom. The van der Waals surface area contributed by atoms with E-state index in [2.05, 4.69) is 18.3 Å². The van der Waals surface area contributed by atoms with Gasteiger partial charge in [-0.15, -0.1) is 0 Å². The summed E-state index contributed by atoms with van der Waals surface area (Å²) in [5.74, 6) is 0.259. The van der Waals surface area contributed by atoms with Crippen molar-refractivity contribution in [1.82, 2.24) is 5.32 Å². The zero-order valence-corrected chi connectivity index (χ0v) is 14.1. The van der Waals surface area contributed by atoms with Gasteiger partial charge in [0.15, 0.2) is 0 Å². The van der Waals surface area contributed by atoms with E-state index < -0.39 is 0 Å². The molecule has 0 spiro atoms. The maximum absolute atomic E-state index is 6.35. The fraction of sp³-hybridized carbons (Fsp3) is 0.294. The van der Waals surface area contributed by atoms with Crippen LogP contribution in [0.2, 0.25) is 15.1 Å². The summed E-state index contributed by atoms with van der Waals surface area (Å²) in [4.78, 5) is 0. The fourth-order valence-corrected chi connectivity index (χ4v) is 3.06. The van der Waals surface area contributed by atoms with E-state index in [-0.39, 0.29) is 5.92 Å². The maximum Gasteiger partial charge on any atom is 0.0441 e. The molecule has 2 rings (SSSR count). The topological polar surface area (TPSA) is 12.0 Å². The van der Waals surface area contributed by atoms with Crippen molar-refractivity contribution in [2.75, 3.05) is 13.1 Å². The first-order chi connectivity index (χ1) is 10.1. The minimum absolute atomic E-state index is 0.259. The standard InChI is InChI=1S/C17H18Cl3N/c1-2-21-11-13(15-5-3-4-6-17(15)20)9-12-10-14(18)7-8-16(12)19/h3-8,10,13,21H,2,9,11H2,1H3. The Morgan fingerprint density at radius 3 is 2.48 bits per heavy atom. The number of rotatable bonds is 6. The lowest BCUT2D eigenvalue weighted by atomic mass is 9.91. The monoisotopic (exact) mass is 341 g/mol. The molecule has 2 aromatic carbocycles. The van der Waals surface area contributed by atoms with Gasteiger partial charge in [-0.25, -0.2) is 0 Å². The van der Waals surface area contributed by atoms with Gasteiger partial charge in [0.05, 0.1) is 0 Å². The largest absolute Gasteiger partial charge is 0.316 e. The van der Waals surface area contributed by atoms with Crippen LogP contribution >= 0.6 is 34.8 Å². The van der Waals surface area contributed by atoms with E-state index in [1.165, 1.54) is 0 Å². The number of halogens is 3. The highest BCUT2D eigenvalue weighted by atomic mass is 35.5. The third-order valence-corrected chi connectivity index (χ3v) is 4.41. The number of nitrogens with one attached hydrogen (secondary N) is 1. The normalized spacial score (nSPS) is 12.4. The second-order valence-electron chi connectivity index (χ2n) is 4.97. The molecule has 0 aliphatic rings. The van der Waals surface area contributed by atoms with Gasteiger partial charge in [-0.1, -0.05) is 59.9 Å². The van der Waals surface area contributed by atoms with Crippen molar-refractivity contribution < 1.29 is 0 Å². The summed E-state index contributed by atoms with van der Waals surface area (Å²) < 4.78 is 0. The van der Waals surface area contributed by atoms with Crippen LogP contribution in [0.4, 0.5) is 0 Å². The zero-order valence-electron chi connectivity index (χ0n) is 11.9. The van der Waals surface area contributed by atoms with Crippen molar-refractivity contribution in [3.05, 3.63) is 68.7 Å². The molecule has 0 saturated heterocycles. The zero-order chi connectivity index (χ0) is 15.2. The molecule has 2 aromatic rings. The predicted octanol–water partition coefficient (Wildman–Crippen LogP) is 5.58. The van der Waals surface area contributed by atoms with Gasteiger partial charge in [0, 0.05) is 27.5 Å². The molecule has 112 valence electrons. The van der Waals surface area contributed by atoms with Crippen LogP contribution in [-0.4, -0.2) is 13.1 Å². The number of hydrogen-bond acceptors (Lipinski definition) is 1. The highest BCUT2D eigenvalue weighted by molar-refractivity contribution is 6.33. The third kappa shape index (κ3) is 4.62. The van der Waals surface area contributed by atoms with Crippen molar-refractivity contribution in [1.29, 1.82) is 0 Å². The van der Waals surface area contributed by atoms with Crippen LogP contribution in [0.5, 0.6) is 0 Å². The van der Waals surface area contributed by atoms with E-state index in [1.54, 1.807) is 0 Å². The Balaban J connectivity index is 2.28. The molecule has 0 fully saturated rings. The van der Waals surface area contributed by atoms with Crippen LogP contribution < -0.4 is 5.32 Å². The van der Waals surface area contributed by atoms with Crippen LogP contribution in [0, 0.1) is 0 Å². The molecular formula is C17H18Cl3N. The third-order valence-electron chi connectivity index (χ3n) is 3.46. The summed E-state index contributed by atoms with van der Waals surface area (Å²) >= 11 is 18.7. The molecule has 1 N–H and O–H groups in total. The van der Waals surface area contributed by atoms with Crippen LogP contribution in [0.15, 0.2) is 42.5 Å². The predicted molar refractivity (Wildman–Crippen MR) is 92.9 cm³/mol. The highest BCUT2D eigenvalue weighted by Crippen LogP contribution is 2.30. The minimum Gasteiger partial charge on any atom is -0.316 e. The first-order valence-electron chi connectivity index (χ1n) is 7.01. The molecular weight excluding hydrogens is 325 g/mol. The lowest BCUT2D eigenvalue weighted by molar-refractivity contribution is 0.595. The smallest absolute Gasteiger partial charge is 0.0441 e. The molecule has 21 heavy (non-hydrogen) atoms. The van der Waals surface area contributed by atoms with Gasteiger partial charge in [-0.2, -0.15) is 0 Å². The van der Waals surface area contributed by atoms with E-state index >= 15 is 0 Å². The molecule has 4 heteroatoms. The fourth-order valence-electron chi connectivity index (χ4n) is 2.38. The average molecular weight is 343 g/mol. The van der Waals surface area contributed by atoms with E-state index in [1.807, 2.05) is 36.4 Å². The van der Waals surface area contributed by atoms with Gasteiger partial charge in [0.25, 0.3) is 0 Å². The summed E-state index contributed by atoms with van der Waals surface area (Å²) in [5.41, 5.74) is 2.18.